The van der Waals surface area contributed by atoms with Crippen molar-refractivity contribution in [3.63, 3.8) is 0 Å². The van der Waals surface area contributed by atoms with Gasteiger partial charge < -0.3 is 20.8 Å². The topological polar surface area (TPSA) is 98.7 Å². The van der Waals surface area contributed by atoms with Crippen molar-refractivity contribution in [3.8, 4) is 0 Å². The predicted molar refractivity (Wildman–Crippen MR) is 88.8 cm³/mol. The molecule has 0 aliphatic heterocycles. The lowest BCUT2D eigenvalue weighted by Gasteiger charge is -2.07. The molecule has 1 atom stereocenters. The van der Waals surface area contributed by atoms with Gasteiger partial charge in [0.05, 0.1) is 0 Å². The Morgan fingerprint density at radius 2 is 1.83 bits per heavy atom. The maximum Gasteiger partial charge on any atom is 0.352 e. The third kappa shape index (κ3) is 7.61. The quantitative estimate of drug-likeness (QED) is 0.323. The van der Waals surface area contributed by atoms with E-state index in [0.29, 0.717) is 6.42 Å². The molecule has 0 spiro atoms. The van der Waals surface area contributed by atoms with Gasteiger partial charge in [-0.1, -0.05) is 26.3 Å². The highest BCUT2D eigenvalue weighted by Crippen LogP contribution is 2.51. The van der Waals surface area contributed by atoms with E-state index in [0.717, 1.165) is 45.2 Å². The number of aliphatic hydroxyl groups is 1. The summed E-state index contributed by atoms with van der Waals surface area (Å²) in [5.41, 5.74) is -0.00439. The Balaban J connectivity index is 2.20. The number of carbonyl (C=O) groups is 2. The van der Waals surface area contributed by atoms with E-state index in [2.05, 4.69) is 10.6 Å². The number of allylic oxidation sites excluding steroid dienone is 1. The summed E-state index contributed by atoms with van der Waals surface area (Å²) in [6, 6.07) is 0. The summed E-state index contributed by atoms with van der Waals surface area (Å²) in [4.78, 5) is 23.1. The van der Waals surface area contributed by atoms with Crippen molar-refractivity contribution in [1.82, 2.24) is 10.6 Å². The molecule has 6 heteroatoms. The van der Waals surface area contributed by atoms with Crippen molar-refractivity contribution in [1.29, 1.82) is 0 Å². The minimum Gasteiger partial charge on any atom is -0.477 e. The van der Waals surface area contributed by atoms with Gasteiger partial charge in [-0.15, -0.1) is 0 Å². The Hall–Kier alpha value is -1.40. The van der Waals surface area contributed by atoms with Crippen LogP contribution in [0.4, 0.5) is 0 Å². The Kier molecular flexibility index (Phi) is 8.26. The molecule has 0 aromatic heterocycles. The summed E-state index contributed by atoms with van der Waals surface area (Å²) in [7, 11) is 0. The van der Waals surface area contributed by atoms with Crippen LogP contribution in [0.5, 0.6) is 0 Å². The van der Waals surface area contributed by atoms with E-state index in [1.54, 1.807) is 6.08 Å². The number of amides is 1. The van der Waals surface area contributed by atoms with Gasteiger partial charge >= 0.3 is 5.97 Å². The molecule has 0 aromatic rings. The van der Waals surface area contributed by atoms with Gasteiger partial charge in [-0.3, -0.25) is 4.79 Å². The normalized spacial score (nSPS) is 19.4. The van der Waals surface area contributed by atoms with Crippen LogP contribution in [-0.4, -0.2) is 41.8 Å². The molecule has 1 rings (SSSR count). The van der Waals surface area contributed by atoms with Crippen molar-refractivity contribution in [2.24, 2.45) is 11.3 Å². The van der Waals surface area contributed by atoms with Crippen LogP contribution in [0.3, 0.4) is 0 Å². The van der Waals surface area contributed by atoms with Crippen molar-refractivity contribution in [3.05, 3.63) is 11.8 Å². The molecular weight excluding hydrogens is 296 g/mol. The minimum atomic E-state index is -1.08. The Labute approximate surface area is 138 Å². The smallest absolute Gasteiger partial charge is 0.352 e. The molecule has 0 heterocycles. The average Bonchev–Trinajstić information content (AvgIpc) is 3.13. The maximum absolute atomic E-state index is 12.0. The third-order valence-electron chi connectivity index (χ3n) is 4.24. The summed E-state index contributed by atoms with van der Waals surface area (Å²) in [6.45, 7) is 5.96. The van der Waals surface area contributed by atoms with Gasteiger partial charge in [0.2, 0.25) is 5.91 Å². The Morgan fingerprint density at radius 1 is 1.17 bits per heavy atom. The number of aliphatic hydroxyl groups excluding tert-OH is 1. The maximum atomic E-state index is 12.0. The predicted octanol–water partition coefficient (Wildman–Crippen LogP) is 1.65. The van der Waals surface area contributed by atoms with E-state index in [1.807, 2.05) is 13.8 Å². The molecule has 1 aliphatic rings. The third-order valence-corrected chi connectivity index (χ3v) is 4.24. The van der Waals surface area contributed by atoms with Crippen molar-refractivity contribution < 1.29 is 19.8 Å². The van der Waals surface area contributed by atoms with Crippen LogP contribution >= 0.6 is 0 Å². The summed E-state index contributed by atoms with van der Waals surface area (Å²) >= 11 is 0. The molecule has 0 saturated heterocycles. The van der Waals surface area contributed by atoms with Crippen molar-refractivity contribution in [2.75, 3.05) is 19.7 Å². The van der Waals surface area contributed by atoms with Gasteiger partial charge in [0.1, 0.15) is 5.70 Å². The summed E-state index contributed by atoms with van der Waals surface area (Å²) in [6.07, 6.45) is 6.74. The molecular formula is C17H30N2O4. The van der Waals surface area contributed by atoms with Crippen LogP contribution in [-0.2, 0) is 9.59 Å². The zero-order chi connectivity index (χ0) is 17.3. The van der Waals surface area contributed by atoms with Gasteiger partial charge in [-0.2, -0.15) is 0 Å². The second kappa shape index (κ2) is 9.67. The SMILES string of the molecule is CC1(C)CC1C(=O)NC(=CCCCCCNCCCO)C(=O)O. The molecule has 1 unspecified atom stereocenters. The van der Waals surface area contributed by atoms with E-state index in [1.165, 1.54) is 0 Å². The summed E-state index contributed by atoms with van der Waals surface area (Å²) in [5, 5.41) is 23.6. The number of carboxylic acids is 1. The van der Waals surface area contributed by atoms with Crippen LogP contribution < -0.4 is 10.6 Å². The fraction of sp³-hybridized carbons (Fsp3) is 0.765. The molecule has 1 amide bonds. The first kappa shape index (κ1) is 19.6. The molecule has 0 radical (unpaired) electrons. The molecule has 1 aliphatic carbocycles. The van der Waals surface area contributed by atoms with Crippen molar-refractivity contribution in [2.45, 2.75) is 52.4 Å². The molecule has 0 aromatic carbocycles. The molecule has 0 bridgehead atoms. The minimum absolute atomic E-state index is 0.00114. The number of unbranched alkanes of at least 4 members (excludes halogenated alkanes) is 3. The highest BCUT2D eigenvalue weighted by atomic mass is 16.4. The number of carboxylic acid groups (broad SMARTS) is 1. The molecule has 1 fully saturated rings. The molecule has 132 valence electrons. The van der Waals surface area contributed by atoms with Gasteiger partial charge in [0.25, 0.3) is 0 Å². The number of nitrogens with one attached hydrogen (secondary N) is 2. The number of rotatable bonds is 12. The molecule has 1 saturated carbocycles. The van der Waals surface area contributed by atoms with E-state index in [9.17, 15) is 9.59 Å². The van der Waals surface area contributed by atoms with E-state index in [4.69, 9.17) is 10.2 Å². The lowest BCUT2D eigenvalue weighted by molar-refractivity contribution is -0.135. The first-order valence-electron chi connectivity index (χ1n) is 8.44. The number of hydrogen-bond acceptors (Lipinski definition) is 4. The number of hydrogen-bond donors (Lipinski definition) is 4. The fourth-order valence-corrected chi connectivity index (χ4v) is 2.47. The highest BCUT2D eigenvalue weighted by molar-refractivity contribution is 5.94. The van der Waals surface area contributed by atoms with Crippen LogP contribution in [0.15, 0.2) is 11.8 Å². The summed E-state index contributed by atoms with van der Waals surface area (Å²) in [5.74, 6) is -1.34. The molecule has 4 N–H and O–H groups in total. The summed E-state index contributed by atoms with van der Waals surface area (Å²) < 4.78 is 0. The van der Waals surface area contributed by atoms with Crippen LogP contribution in [0.25, 0.3) is 0 Å². The average molecular weight is 326 g/mol. The van der Waals surface area contributed by atoms with E-state index in [-0.39, 0.29) is 29.5 Å². The Bertz CT molecular complexity index is 432. The largest absolute Gasteiger partial charge is 0.477 e. The second-order valence-corrected chi connectivity index (χ2v) is 6.83. The van der Waals surface area contributed by atoms with Gasteiger partial charge in [0.15, 0.2) is 0 Å². The molecule has 6 nitrogen and oxygen atoms in total. The first-order valence-corrected chi connectivity index (χ1v) is 8.44. The lowest BCUT2D eigenvalue weighted by atomic mass is 10.1. The van der Waals surface area contributed by atoms with Gasteiger partial charge in [0, 0.05) is 12.5 Å². The number of carbonyl (C=O) groups excluding carboxylic acids is 1. The van der Waals surface area contributed by atoms with Crippen LogP contribution in [0.1, 0.15) is 52.4 Å². The zero-order valence-corrected chi connectivity index (χ0v) is 14.2. The first-order chi connectivity index (χ1) is 10.9. The van der Waals surface area contributed by atoms with Gasteiger partial charge in [-0.05, 0) is 50.6 Å². The lowest BCUT2D eigenvalue weighted by Crippen LogP contribution is -2.29. The van der Waals surface area contributed by atoms with E-state index >= 15 is 0 Å². The fourth-order valence-electron chi connectivity index (χ4n) is 2.47. The monoisotopic (exact) mass is 326 g/mol. The zero-order valence-electron chi connectivity index (χ0n) is 14.2. The van der Waals surface area contributed by atoms with Crippen molar-refractivity contribution >= 4 is 11.9 Å². The Morgan fingerprint density at radius 3 is 2.39 bits per heavy atom. The van der Waals surface area contributed by atoms with Gasteiger partial charge in [-0.25, -0.2) is 4.79 Å². The number of aliphatic carboxylic acids is 1. The standard InChI is InChI=1S/C17H30N2O4/c1-17(2)12-13(17)15(21)19-14(16(22)23)8-5-3-4-6-9-18-10-7-11-20/h8,13,18,20H,3-7,9-12H2,1-2H3,(H,19,21)(H,22,23). The van der Waals surface area contributed by atoms with Crippen LogP contribution in [0.2, 0.25) is 0 Å². The van der Waals surface area contributed by atoms with Crippen LogP contribution in [0, 0.1) is 11.3 Å². The molecule has 23 heavy (non-hydrogen) atoms. The van der Waals surface area contributed by atoms with E-state index < -0.39 is 5.97 Å². The second-order valence-electron chi connectivity index (χ2n) is 6.83. The highest BCUT2D eigenvalue weighted by Gasteiger charge is 2.50.